The van der Waals surface area contributed by atoms with Crippen LogP contribution >= 0.6 is 0 Å². The second-order valence-corrected chi connectivity index (χ2v) is 5.09. The van der Waals surface area contributed by atoms with Gasteiger partial charge in [-0.1, -0.05) is 33.6 Å². The van der Waals surface area contributed by atoms with E-state index in [2.05, 4.69) is 20.8 Å². The summed E-state index contributed by atoms with van der Waals surface area (Å²) in [6, 6.07) is 0. The molecule has 0 spiro atoms. The molecular formula is C13H26O. The lowest BCUT2D eigenvalue weighted by molar-refractivity contribution is 0.00601. The smallest absolute Gasteiger partial charge is 0.0597 e. The number of hydrogen-bond donors (Lipinski definition) is 0. The second kappa shape index (κ2) is 5.75. The van der Waals surface area contributed by atoms with Crippen molar-refractivity contribution in [3.8, 4) is 0 Å². The van der Waals surface area contributed by atoms with Gasteiger partial charge in [0.2, 0.25) is 0 Å². The van der Waals surface area contributed by atoms with Gasteiger partial charge < -0.3 is 4.74 Å². The summed E-state index contributed by atoms with van der Waals surface area (Å²) in [5.41, 5.74) is 0. The molecule has 0 bridgehead atoms. The van der Waals surface area contributed by atoms with Crippen LogP contribution in [0.2, 0.25) is 0 Å². The molecule has 1 aliphatic carbocycles. The Balaban J connectivity index is 2.37. The number of rotatable bonds is 4. The van der Waals surface area contributed by atoms with Gasteiger partial charge in [0.1, 0.15) is 0 Å². The summed E-state index contributed by atoms with van der Waals surface area (Å²) in [4.78, 5) is 0. The largest absolute Gasteiger partial charge is 0.381 e. The van der Waals surface area contributed by atoms with Crippen molar-refractivity contribution in [3.63, 3.8) is 0 Å². The standard InChI is InChI=1S/C13H26O/c1-5-6-10(2)12-7-8-13(14-4)11(3)9-12/h10-13H,5-9H2,1-4H3/t10-,11?,12?,13?/m0/s1. The first-order valence-electron chi connectivity index (χ1n) is 6.21. The zero-order chi connectivity index (χ0) is 10.6. The van der Waals surface area contributed by atoms with Crippen LogP contribution < -0.4 is 0 Å². The highest BCUT2D eigenvalue weighted by molar-refractivity contribution is 4.80. The van der Waals surface area contributed by atoms with E-state index < -0.39 is 0 Å². The van der Waals surface area contributed by atoms with Crippen LogP contribution in [-0.2, 0) is 4.74 Å². The molecule has 84 valence electrons. The summed E-state index contributed by atoms with van der Waals surface area (Å²) in [5, 5.41) is 0. The zero-order valence-corrected chi connectivity index (χ0v) is 10.3. The van der Waals surface area contributed by atoms with E-state index >= 15 is 0 Å². The van der Waals surface area contributed by atoms with E-state index in [1.165, 1.54) is 32.1 Å². The topological polar surface area (TPSA) is 9.23 Å². The van der Waals surface area contributed by atoms with Gasteiger partial charge in [-0.2, -0.15) is 0 Å². The molecular weight excluding hydrogens is 172 g/mol. The molecule has 1 nitrogen and oxygen atoms in total. The molecule has 1 fully saturated rings. The van der Waals surface area contributed by atoms with E-state index in [1.807, 2.05) is 7.11 Å². The second-order valence-electron chi connectivity index (χ2n) is 5.09. The molecule has 1 aliphatic rings. The van der Waals surface area contributed by atoms with Crippen molar-refractivity contribution in [1.82, 2.24) is 0 Å². The van der Waals surface area contributed by atoms with Gasteiger partial charge in [0.05, 0.1) is 6.10 Å². The van der Waals surface area contributed by atoms with Crippen LogP contribution in [0.1, 0.15) is 52.9 Å². The molecule has 0 aromatic rings. The molecule has 0 heterocycles. The highest BCUT2D eigenvalue weighted by atomic mass is 16.5. The van der Waals surface area contributed by atoms with E-state index in [0.717, 1.165) is 17.8 Å². The molecule has 0 aromatic carbocycles. The Morgan fingerprint density at radius 3 is 2.57 bits per heavy atom. The van der Waals surface area contributed by atoms with Gasteiger partial charge in [0.25, 0.3) is 0 Å². The number of hydrogen-bond acceptors (Lipinski definition) is 1. The van der Waals surface area contributed by atoms with Crippen LogP contribution in [-0.4, -0.2) is 13.2 Å². The van der Waals surface area contributed by atoms with Gasteiger partial charge >= 0.3 is 0 Å². The van der Waals surface area contributed by atoms with Crippen molar-refractivity contribution in [2.45, 2.75) is 59.0 Å². The third-order valence-electron chi connectivity index (χ3n) is 3.98. The molecule has 1 saturated carbocycles. The molecule has 0 radical (unpaired) electrons. The van der Waals surface area contributed by atoms with Crippen molar-refractivity contribution in [3.05, 3.63) is 0 Å². The van der Waals surface area contributed by atoms with Crippen molar-refractivity contribution >= 4 is 0 Å². The SMILES string of the molecule is CCC[C@H](C)C1CCC(OC)C(C)C1. The maximum Gasteiger partial charge on any atom is 0.0597 e. The van der Waals surface area contributed by atoms with Gasteiger partial charge in [-0.15, -0.1) is 0 Å². The minimum atomic E-state index is 0.528. The fourth-order valence-corrected chi connectivity index (χ4v) is 2.97. The van der Waals surface area contributed by atoms with Crippen LogP contribution in [0.25, 0.3) is 0 Å². The molecule has 0 N–H and O–H groups in total. The Hall–Kier alpha value is -0.0400. The van der Waals surface area contributed by atoms with Gasteiger partial charge in [0.15, 0.2) is 0 Å². The van der Waals surface area contributed by atoms with Crippen molar-refractivity contribution in [2.75, 3.05) is 7.11 Å². The lowest BCUT2D eigenvalue weighted by atomic mass is 9.74. The van der Waals surface area contributed by atoms with Crippen LogP contribution in [0, 0.1) is 17.8 Å². The molecule has 0 aromatic heterocycles. The van der Waals surface area contributed by atoms with Crippen LogP contribution in [0.4, 0.5) is 0 Å². The Labute approximate surface area is 89.2 Å². The summed E-state index contributed by atoms with van der Waals surface area (Å²) in [6.07, 6.45) is 7.29. The predicted molar refractivity (Wildman–Crippen MR) is 61.4 cm³/mol. The maximum atomic E-state index is 5.49. The van der Waals surface area contributed by atoms with E-state index in [9.17, 15) is 0 Å². The van der Waals surface area contributed by atoms with E-state index in [-0.39, 0.29) is 0 Å². The molecule has 1 heteroatoms. The summed E-state index contributed by atoms with van der Waals surface area (Å²) in [6.45, 7) is 7.06. The minimum absolute atomic E-state index is 0.528. The maximum absolute atomic E-state index is 5.49. The number of methoxy groups -OCH3 is 1. The van der Waals surface area contributed by atoms with Gasteiger partial charge in [-0.05, 0) is 37.0 Å². The van der Waals surface area contributed by atoms with Crippen molar-refractivity contribution in [2.24, 2.45) is 17.8 Å². The third-order valence-corrected chi connectivity index (χ3v) is 3.98. The summed E-state index contributed by atoms with van der Waals surface area (Å²) < 4.78 is 5.49. The highest BCUT2D eigenvalue weighted by Gasteiger charge is 2.29. The van der Waals surface area contributed by atoms with E-state index in [0.29, 0.717) is 6.10 Å². The molecule has 1 rings (SSSR count). The van der Waals surface area contributed by atoms with Gasteiger partial charge in [0, 0.05) is 7.11 Å². The first-order valence-corrected chi connectivity index (χ1v) is 6.21. The molecule has 4 atom stereocenters. The fraction of sp³-hybridized carbons (Fsp3) is 1.00. The third kappa shape index (κ3) is 2.98. The normalized spacial score (nSPS) is 35.6. The summed E-state index contributed by atoms with van der Waals surface area (Å²) in [7, 11) is 1.86. The Morgan fingerprint density at radius 1 is 1.36 bits per heavy atom. The quantitative estimate of drug-likeness (QED) is 0.666. The zero-order valence-electron chi connectivity index (χ0n) is 10.3. The molecule has 0 saturated heterocycles. The van der Waals surface area contributed by atoms with Crippen LogP contribution in [0.3, 0.4) is 0 Å². The van der Waals surface area contributed by atoms with Gasteiger partial charge in [-0.25, -0.2) is 0 Å². The highest BCUT2D eigenvalue weighted by Crippen LogP contribution is 2.36. The average molecular weight is 198 g/mol. The van der Waals surface area contributed by atoms with Crippen LogP contribution in [0.5, 0.6) is 0 Å². The lowest BCUT2D eigenvalue weighted by Crippen LogP contribution is -2.31. The monoisotopic (exact) mass is 198 g/mol. The minimum Gasteiger partial charge on any atom is -0.381 e. The summed E-state index contributed by atoms with van der Waals surface area (Å²) in [5.74, 6) is 2.63. The van der Waals surface area contributed by atoms with Gasteiger partial charge in [-0.3, -0.25) is 0 Å². The molecule has 3 unspecified atom stereocenters. The Kier molecular flexibility index (Phi) is 4.94. The van der Waals surface area contributed by atoms with Crippen LogP contribution in [0.15, 0.2) is 0 Å². The Morgan fingerprint density at radius 2 is 2.07 bits per heavy atom. The molecule has 14 heavy (non-hydrogen) atoms. The summed E-state index contributed by atoms with van der Waals surface area (Å²) >= 11 is 0. The first kappa shape index (κ1) is 12.0. The van der Waals surface area contributed by atoms with Crippen molar-refractivity contribution in [1.29, 1.82) is 0 Å². The number of ether oxygens (including phenoxy) is 1. The van der Waals surface area contributed by atoms with E-state index in [4.69, 9.17) is 4.74 Å². The van der Waals surface area contributed by atoms with Crippen molar-refractivity contribution < 1.29 is 4.74 Å². The molecule has 0 amide bonds. The Bertz CT molecular complexity index is 155. The first-order chi connectivity index (χ1) is 6.69. The molecule has 0 aliphatic heterocycles. The van der Waals surface area contributed by atoms with E-state index in [1.54, 1.807) is 0 Å². The fourth-order valence-electron chi connectivity index (χ4n) is 2.97. The lowest BCUT2D eigenvalue weighted by Gasteiger charge is -2.36. The average Bonchev–Trinajstić information content (AvgIpc) is 2.18. The predicted octanol–water partition coefficient (Wildman–Crippen LogP) is 3.87.